The first kappa shape index (κ1) is 19.0. The van der Waals surface area contributed by atoms with Gasteiger partial charge >= 0.3 is 6.43 Å². The zero-order valence-electron chi connectivity index (χ0n) is 14.4. The monoisotopic (exact) mass is 389 g/mol. The van der Waals surface area contributed by atoms with Crippen LogP contribution in [0.5, 0.6) is 0 Å². The average molecular weight is 389 g/mol. The van der Waals surface area contributed by atoms with E-state index in [0.717, 1.165) is 11.3 Å². The van der Waals surface area contributed by atoms with Gasteiger partial charge < -0.3 is 9.84 Å². The number of amides is 1. The zero-order valence-corrected chi connectivity index (χ0v) is 15.2. The highest BCUT2D eigenvalue weighted by atomic mass is 32.2. The number of nitrogens with one attached hydrogen (secondary N) is 1. The number of carbonyl (C=O) groups excluding carboxylic acids is 1. The molecule has 5 nitrogen and oxygen atoms in total. The first-order valence-corrected chi connectivity index (χ1v) is 9.26. The Balaban J connectivity index is 1.56. The minimum absolute atomic E-state index is 0.0787. The summed E-state index contributed by atoms with van der Waals surface area (Å²) in [4.78, 5) is 15.9. The molecule has 0 saturated heterocycles. The minimum Gasteiger partial charge on any atom is -0.333 e. The number of thioether (sulfide) groups is 1. The van der Waals surface area contributed by atoms with Gasteiger partial charge in [-0.15, -0.1) is 11.8 Å². The Morgan fingerprint density at radius 2 is 1.85 bits per heavy atom. The van der Waals surface area contributed by atoms with Gasteiger partial charge in [-0.2, -0.15) is 13.8 Å². The number of rotatable bonds is 7. The lowest BCUT2D eigenvalue weighted by Crippen LogP contribution is -2.22. The topological polar surface area (TPSA) is 68.0 Å². The van der Waals surface area contributed by atoms with Gasteiger partial charge in [-0.3, -0.25) is 4.79 Å². The molecule has 1 unspecified atom stereocenters. The van der Waals surface area contributed by atoms with Gasteiger partial charge in [-0.25, -0.2) is 0 Å². The Labute approximate surface area is 159 Å². The quantitative estimate of drug-likeness (QED) is 0.620. The summed E-state index contributed by atoms with van der Waals surface area (Å²) in [6.07, 6.45) is -2.81. The summed E-state index contributed by atoms with van der Waals surface area (Å²) in [5.41, 5.74) is 2.29. The van der Waals surface area contributed by atoms with E-state index in [9.17, 15) is 13.6 Å². The number of anilines is 1. The third-order valence-electron chi connectivity index (χ3n) is 3.75. The molecule has 0 spiro atoms. The highest BCUT2D eigenvalue weighted by Crippen LogP contribution is 2.23. The van der Waals surface area contributed by atoms with Crippen LogP contribution in [0.25, 0.3) is 11.4 Å². The lowest BCUT2D eigenvalue weighted by Gasteiger charge is -2.12. The van der Waals surface area contributed by atoms with Crippen LogP contribution in [-0.4, -0.2) is 21.3 Å². The van der Waals surface area contributed by atoms with Crippen molar-refractivity contribution < 1.29 is 18.1 Å². The van der Waals surface area contributed by atoms with Crippen LogP contribution in [0.1, 0.15) is 24.8 Å². The molecule has 1 aromatic heterocycles. The summed E-state index contributed by atoms with van der Waals surface area (Å²) in [7, 11) is 0. The van der Waals surface area contributed by atoms with Crippen LogP contribution in [0.15, 0.2) is 59.1 Å². The zero-order chi connectivity index (χ0) is 19.2. The van der Waals surface area contributed by atoms with Gasteiger partial charge in [0.25, 0.3) is 5.89 Å². The van der Waals surface area contributed by atoms with E-state index in [2.05, 4.69) is 20.0 Å². The first-order chi connectivity index (χ1) is 13.0. The van der Waals surface area contributed by atoms with E-state index in [0.29, 0.717) is 11.3 Å². The van der Waals surface area contributed by atoms with Crippen molar-refractivity contribution in [1.82, 2.24) is 10.1 Å². The lowest BCUT2D eigenvalue weighted by molar-refractivity contribution is -0.115. The van der Waals surface area contributed by atoms with E-state index in [1.807, 2.05) is 37.3 Å². The number of carbonyl (C=O) groups is 1. The summed E-state index contributed by atoms with van der Waals surface area (Å²) < 4.78 is 29.5. The van der Waals surface area contributed by atoms with Crippen molar-refractivity contribution >= 4 is 23.4 Å². The Hall–Kier alpha value is -2.74. The number of aromatic nitrogens is 2. The summed E-state index contributed by atoms with van der Waals surface area (Å²) in [5, 5.41) is 6.13. The van der Waals surface area contributed by atoms with E-state index in [-0.39, 0.29) is 17.0 Å². The van der Waals surface area contributed by atoms with E-state index in [4.69, 9.17) is 0 Å². The normalized spacial score (nSPS) is 12.1. The maximum Gasteiger partial charge on any atom is 0.315 e. The molecule has 140 valence electrons. The summed E-state index contributed by atoms with van der Waals surface area (Å²) >= 11 is 1.55. The molecule has 1 amide bonds. The molecule has 0 aliphatic heterocycles. The first-order valence-electron chi connectivity index (χ1n) is 8.21. The van der Waals surface area contributed by atoms with Crippen molar-refractivity contribution in [1.29, 1.82) is 0 Å². The fourth-order valence-corrected chi connectivity index (χ4v) is 3.10. The molecule has 1 atom stereocenters. The molecule has 1 heterocycles. The predicted molar refractivity (Wildman–Crippen MR) is 101 cm³/mol. The van der Waals surface area contributed by atoms with Crippen molar-refractivity contribution in [3.8, 4) is 11.4 Å². The fourth-order valence-electron chi connectivity index (χ4n) is 2.26. The van der Waals surface area contributed by atoms with Crippen molar-refractivity contribution in [3.05, 3.63) is 66.1 Å². The van der Waals surface area contributed by atoms with Crippen LogP contribution in [0.2, 0.25) is 0 Å². The Kier molecular flexibility index (Phi) is 6.18. The molecule has 0 bridgehead atoms. The van der Waals surface area contributed by atoms with Crippen LogP contribution in [0.3, 0.4) is 0 Å². The molecule has 0 radical (unpaired) electrons. The third kappa shape index (κ3) is 5.13. The van der Waals surface area contributed by atoms with Crippen LogP contribution >= 0.6 is 11.8 Å². The van der Waals surface area contributed by atoms with E-state index in [1.165, 1.54) is 0 Å². The standard InChI is InChI=1S/C19H17F2N3O2S/c1-12(27-11-13-5-3-2-4-6-13)18(25)22-15-9-7-14(8-10-15)17-23-19(16(20)21)26-24-17/h2-10,12,16H,11H2,1H3,(H,22,25). The third-order valence-corrected chi connectivity index (χ3v) is 4.97. The molecular formula is C19H17F2N3O2S. The van der Waals surface area contributed by atoms with Gasteiger partial charge in [-0.05, 0) is 36.8 Å². The lowest BCUT2D eigenvalue weighted by atomic mass is 10.2. The SMILES string of the molecule is CC(SCc1ccccc1)C(=O)Nc1ccc(-c2noc(C(F)F)n2)cc1. The van der Waals surface area contributed by atoms with Gasteiger partial charge in [-0.1, -0.05) is 35.5 Å². The number of hydrogen-bond donors (Lipinski definition) is 1. The molecule has 0 aliphatic rings. The fraction of sp³-hybridized carbons (Fsp3) is 0.211. The Morgan fingerprint density at radius 1 is 1.15 bits per heavy atom. The molecule has 0 fully saturated rings. The van der Waals surface area contributed by atoms with Crippen LogP contribution < -0.4 is 5.32 Å². The molecule has 3 rings (SSSR count). The second-order valence-corrected chi connectivity index (χ2v) is 7.09. The van der Waals surface area contributed by atoms with Crippen molar-refractivity contribution in [2.75, 3.05) is 5.32 Å². The van der Waals surface area contributed by atoms with Gasteiger partial charge in [0, 0.05) is 17.0 Å². The van der Waals surface area contributed by atoms with Crippen molar-refractivity contribution in [2.24, 2.45) is 0 Å². The molecule has 0 saturated carbocycles. The number of benzene rings is 2. The van der Waals surface area contributed by atoms with Gasteiger partial charge in [0.2, 0.25) is 11.7 Å². The second-order valence-electron chi connectivity index (χ2n) is 5.76. The van der Waals surface area contributed by atoms with Crippen LogP contribution in [0.4, 0.5) is 14.5 Å². The number of halogens is 2. The molecule has 27 heavy (non-hydrogen) atoms. The Morgan fingerprint density at radius 3 is 2.48 bits per heavy atom. The summed E-state index contributed by atoms with van der Waals surface area (Å²) in [5.74, 6) is 0.00315. The molecular weight excluding hydrogens is 372 g/mol. The number of nitrogens with zero attached hydrogens (tertiary/aromatic N) is 2. The molecule has 3 aromatic rings. The smallest absolute Gasteiger partial charge is 0.315 e. The van der Waals surface area contributed by atoms with E-state index < -0.39 is 12.3 Å². The summed E-state index contributed by atoms with van der Waals surface area (Å²) in [6, 6.07) is 16.5. The van der Waals surface area contributed by atoms with E-state index >= 15 is 0 Å². The second kappa shape index (κ2) is 8.77. The van der Waals surface area contributed by atoms with Gasteiger partial charge in [0.15, 0.2) is 0 Å². The maximum atomic E-state index is 12.5. The number of hydrogen-bond acceptors (Lipinski definition) is 5. The highest BCUT2D eigenvalue weighted by Gasteiger charge is 2.17. The van der Waals surface area contributed by atoms with Crippen molar-refractivity contribution in [2.45, 2.75) is 24.4 Å². The Bertz CT molecular complexity index is 885. The molecule has 2 aromatic carbocycles. The average Bonchev–Trinajstić information content (AvgIpc) is 3.18. The van der Waals surface area contributed by atoms with Gasteiger partial charge in [0.05, 0.1) is 5.25 Å². The number of alkyl halides is 2. The molecule has 0 aliphatic carbocycles. The molecule has 8 heteroatoms. The molecule has 1 N–H and O–H groups in total. The predicted octanol–water partition coefficient (Wildman–Crippen LogP) is 4.93. The summed E-state index contributed by atoms with van der Waals surface area (Å²) in [6.45, 7) is 1.85. The van der Waals surface area contributed by atoms with Crippen LogP contribution in [-0.2, 0) is 10.5 Å². The maximum absolute atomic E-state index is 12.5. The van der Waals surface area contributed by atoms with E-state index in [1.54, 1.807) is 36.0 Å². The van der Waals surface area contributed by atoms with Crippen LogP contribution in [0, 0.1) is 0 Å². The minimum atomic E-state index is -2.81. The largest absolute Gasteiger partial charge is 0.333 e. The highest BCUT2D eigenvalue weighted by molar-refractivity contribution is 7.99. The van der Waals surface area contributed by atoms with Gasteiger partial charge in [0.1, 0.15) is 0 Å². The van der Waals surface area contributed by atoms with Crippen molar-refractivity contribution in [3.63, 3.8) is 0 Å².